The van der Waals surface area contributed by atoms with Crippen LogP contribution in [0.4, 0.5) is 0 Å². The number of pyridine rings is 1. The van der Waals surface area contributed by atoms with Gasteiger partial charge >= 0.3 is 0 Å². The van der Waals surface area contributed by atoms with E-state index in [-0.39, 0.29) is 5.91 Å². The molecule has 7 nitrogen and oxygen atoms in total. The first-order valence-electron chi connectivity index (χ1n) is 12.5. The SMILES string of the molecule is Cc1cccc(-c2nnc(-c3ccc(C(=O)N4CCN(Cc5cccc6cccnc56)CC4)cc3)o2)c1. The number of nitrogens with zero attached hydrogens (tertiary/aromatic N) is 5. The lowest BCUT2D eigenvalue weighted by Crippen LogP contribution is -2.48. The van der Waals surface area contributed by atoms with Crippen LogP contribution in [0.25, 0.3) is 33.8 Å². The molecular formula is C30H27N5O2. The van der Waals surface area contributed by atoms with Gasteiger partial charge in [-0.3, -0.25) is 14.7 Å². The molecule has 0 atom stereocenters. The molecule has 184 valence electrons. The van der Waals surface area contributed by atoms with Crippen molar-refractivity contribution in [2.24, 2.45) is 0 Å². The normalized spacial score (nSPS) is 14.2. The highest BCUT2D eigenvalue weighted by molar-refractivity contribution is 5.94. The van der Waals surface area contributed by atoms with E-state index in [9.17, 15) is 4.79 Å². The topological polar surface area (TPSA) is 75.4 Å². The van der Waals surface area contributed by atoms with Crippen molar-refractivity contribution in [1.29, 1.82) is 0 Å². The fourth-order valence-corrected chi connectivity index (χ4v) is 4.82. The van der Waals surface area contributed by atoms with Gasteiger partial charge in [0.2, 0.25) is 11.8 Å². The summed E-state index contributed by atoms with van der Waals surface area (Å²) in [4.78, 5) is 22.0. The second-order valence-corrected chi connectivity index (χ2v) is 9.42. The molecule has 0 radical (unpaired) electrons. The molecule has 0 aliphatic carbocycles. The Hall–Kier alpha value is -4.36. The zero-order chi connectivity index (χ0) is 25.2. The van der Waals surface area contributed by atoms with Gasteiger partial charge in [0.05, 0.1) is 5.52 Å². The summed E-state index contributed by atoms with van der Waals surface area (Å²) in [6.07, 6.45) is 1.84. The maximum atomic E-state index is 13.2. The van der Waals surface area contributed by atoms with Crippen LogP contribution >= 0.6 is 0 Å². The molecular weight excluding hydrogens is 462 g/mol. The quantitative estimate of drug-likeness (QED) is 0.337. The molecule has 6 rings (SSSR count). The van der Waals surface area contributed by atoms with Crippen LogP contribution < -0.4 is 0 Å². The third-order valence-corrected chi connectivity index (χ3v) is 6.84. The molecule has 1 fully saturated rings. The summed E-state index contributed by atoms with van der Waals surface area (Å²) in [7, 11) is 0. The van der Waals surface area contributed by atoms with Gasteiger partial charge in [0, 0.05) is 61.0 Å². The monoisotopic (exact) mass is 489 g/mol. The van der Waals surface area contributed by atoms with Crippen LogP contribution in [0, 0.1) is 6.92 Å². The number of piperazine rings is 1. The van der Waals surface area contributed by atoms with Crippen LogP contribution in [0.15, 0.2) is 89.5 Å². The summed E-state index contributed by atoms with van der Waals surface area (Å²) in [5.74, 6) is 0.965. The van der Waals surface area contributed by atoms with Crippen LogP contribution in [-0.2, 0) is 6.54 Å². The number of aromatic nitrogens is 3. The molecule has 7 heteroatoms. The number of carbonyl (C=O) groups is 1. The van der Waals surface area contributed by atoms with Crippen LogP contribution in [0.3, 0.4) is 0 Å². The first-order chi connectivity index (χ1) is 18.1. The second-order valence-electron chi connectivity index (χ2n) is 9.42. The van der Waals surface area contributed by atoms with Gasteiger partial charge in [-0.15, -0.1) is 10.2 Å². The molecule has 0 saturated carbocycles. The van der Waals surface area contributed by atoms with Crippen molar-refractivity contribution in [2.45, 2.75) is 13.5 Å². The lowest BCUT2D eigenvalue weighted by atomic mass is 10.1. The number of aryl methyl sites for hydroxylation is 1. The average molecular weight is 490 g/mol. The molecule has 0 bridgehead atoms. The highest BCUT2D eigenvalue weighted by atomic mass is 16.4. The second kappa shape index (κ2) is 9.95. The minimum atomic E-state index is 0.0454. The molecule has 1 aliphatic heterocycles. The zero-order valence-corrected chi connectivity index (χ0v) is 20.7. The van der Waals surface area contributed by atoms with Gasteiger partial charge in [0.1, 0.15) is 0 Å². The minimum Gasteiger partial charge on any atom is -0.416 e. The van der Waals surface area contributed by atoms with E-state index in [1.807, 2.05) is 72.6 Å². The lowest BCUT2D eigenvalue weighted by molar-refractivity contribution is 0.0629. The van der Waals surface area contributed by atoms with E-state index in [1.54, 1.807) is 0 Å². The van der Waals surface area contributed by atoms with Crippen molar-refractivity contribution in [3.63, 3.8) is 0 Å². The molecule has 3 heterocycles. The van der Waals surface area contributed by atoms with Gasteiger partial charge in [0.15, 0.2) is 0 Å². The predicted octanol–water partition coefficient (Wildman–Crippen LogP) is 5.22. The van der Waals surface area contributed by atoms with Crippen molar-refractivity contribution in [2.75, 3.05) is 26.2 Å². The molecule has 5 aromatic rings. The number of para-hydroxylation sites is 1. The number of carbonyl (C=O) groups excluding carboxylic acids is 1. The summed E-state index contributed by atoms with van der Waals surface area (Å²) in [5.41, 5.74) is 5.74. The van der Waals surface area contributed by atoms with E-state index in [0.717, 1.165) is 47.2 Å². The van der Waals surface area contributed by atoms with Crippen LogP contribution in [0.2, 0.25) is 0 Å². The van der Waals surface area contributed by atoms with Gasteiger partial charge in [-0.2, -0.15) is 0 Å². The minimum absolute atomic E-state index is 0.0454. The Morgan fingerprint density at radius 1 is 0.838 bits per heavy atom. The predicted molar refractivity (Wildman–Crippen MR) is 143 cm³/mol. The van der Waals surface area contributed by atoms with Crippen LogP contribution in [-0.4, -0.2) is 57.1 Å². The van der Waals surface area contributed by atoms with Gasteiger partial charge in [-0.05, 0) is 55.0 Å². The van der Waals surface area contributed by atoms with E-state index in [2.05, 4.69) is 44.3 Å². The largest absolute Gasteiger partial charge is 0.416 e. The Bertz CT molecular complexity index is 1550. The molecule has 3 aromatic carbocycles. The van der Waals surface area contributed by atoms with Crippen LogP contribution in [0.1, 0.15) is 21.5 Å². The lowest BCUT2D eigenvalue weighted by Gasteiger charge is -2.35. The van der Waals surface area contributed by atoms with Gasteiger partial charge < -0.3 is 9.32 Å². The first kappa shape index (κ1) is 23.1. The fraction of sp³-hybridized carbons (Fsp3) is 0.200. The third-order valence-electron chi connectivity index (χ3n) is 6.84. The van der Waals surface area contributed by atoms with Crippen molar-refractivity contribution >= 4 is 16.8 Å². The van der Waals surface area contributed by atoms with Crippen molar-refractivity contribution < 1.29 is 9.21 Å². The molecule has 1 saturated heterocycles. The standard InChI is InChI=1S/C30H27N5O2/c1-21-5-2-7-25(19-21)29-33-32-28(37-29)23-10-12-24(13-11-23)30(36)35-17-15-34(16-18-35)20-26-8-3-6-22-9-4-14-31-27(22)26/h2-14,19H,15-18,20H2,1H3. The summed E-state index contributed by atoms with van der Waals surface area (Å²) in [6, 6.07) is 25.7. The molecule has 0 spiro atoms. The number of hydrogen-bond donors (Lipinski definition) is 0. The molecule has 0 unspecified atom stereocenters. The summed E-state index contributed by atoms with van der Waals surface area (Å²) in [5, 5.41) is 9.54. The number of fused-ring (bicyclic) bond motifs is 1. The van der Waals surface area contributed by atoms with Crippen LogP contribution in [0.5, 0.6) is 0 Å². The Balaban J connectivity index is 1.08. The number of benzene rings is 3. The number of hydrogen-bond acceptors (Lipinski definition) is 6. The first-order valence-corrected chi connectivity index (χ1v) is 12.5. The van der Waals surface area contributed by atoms with E-state index < -0.39 is 0 Å². The molecule has 0 N–H and O–H groups in total. The Morgan fingerprint density at radius 3 is 2.35 bits per heavy atom. The van der Waals surface area contributed by atoms with E-state index >= 15 is 0 Å². The van der Waals surface area contributed by atoms with Gasteiger partial charge in [-0.25, -0.2) is 0 Å². The highest BCUT2D eigenvalue weighted by Gasteiger charge is 2.23. The fourth-order valence-electron chi connectivity index (χ4n) is 4.82. The summed E-state index contributed by atoms with van der Waals surface area (Å²) in [6.45, 7) is 5.91. The maximum Gasteiger partial charge on any atom is 0.253 e. The summed E-state index contributed by atoms with van der Waals surface area (Å²) >= 11 is 0. The summed E-state index contributed by atoms with van der Waals surface area (Å²) < 4.78 is 5.89. The zero-order valence-electron chi connectivity index (χ0n) is 20.7. The van der Waals surface area contributed by atoms with Gasteiger partial charge in [0.25, 0.3) is 5.91 Å². The molecule has 1 aliphatic rings. The van der Waals surface area contributed by atoms with E-state index in [1.165, 1.54) is 5.56 Å². The highest BCUT2D eigenvalue weighted by Crippen LogP contribution is 2.25. The van der Waals surface area contributed by atoms with Gasteiger partial charge in [-0.1, -0.05) is 42.0 Å². The third kappa shape index (κ3) is 4.86. The Morgan fingerprint density at radius 2 is 1.57 bits per heavy atom. The Labute approximate surface area is 215 Å². The van der Waals surface area contributed by atoms with Crippen molar-refractivity contribution in [1.82, 2.24) is 25.0 Å². The Kier molecular flexibility index (Phi) is 6.20. The van der Waals surface area contributed by atoms with Crippen molar-refractivity contribution in [3.8, 4) is 22.9 Å². The average Bonchev–Trinajstić information content (AvgIpc) is 3.44. The smallest absolute Gasteiger partial charge is 0.253 e. The molecule has 37 heavy (non-hydrogen) atoms. The van der Waals surface area contributed by atoms with Crippen molar-refractivity contribution in [3.05, 3.63) is 102 Å². The molecule has 2 aromatic heterocycles. The van der Waals surface area contributed by atoms with E-state index in [4.69, 9.17) is 4.42 Å². The van der Waals surface area contributed by atoms with E-state index in [0.29, 0.717) is 30.4 Å². The molecule has 1 amide bonds. The maximum absolute atomic E-state index is 13.2. The number of amides is 1. The number of rotatable bonds is 5.